The second-order valence-electron chi connectivity index (χ2n) is 4.25. The van der Waals surface area contributed by atoms with Gasteiger partial charge in [-0.05, 0) is 26.0 Å². The van der Waals surface area contributed by atoms with E-state index in [4.69, 9.17) is 15.6 Å². The maximum atomic E-state index is 11.8. The number of carbonyl (C=O) groups is 1. The number of hydrogen-bond acceptors (Lipinski definition) is 5. The zero-order valence-electron chi connectivity index (χ0n) is 11.0. The van der Waals surface area contributed by atoms with Crippen molar-refractivity contribution in [2.75, 3.05) is 30.9 Å². The quantitative estimate of drug-likeness (QED) is 0.609. The van der Waals surface area contributed by atoms with E-state index in [0.29, 0.717) is 23.5 Å². The van der Waals surface area contributed by atoms with Gasteiger partial charge in [-0.25, -0.2) is 4.79 Å². The number of hydrogen-bond donors (Lipinski definition) is 2. The molecule has 1 aromatic rings. The molecule has 0 fully saturated rings. The molecule has 0 unspecified atom stereocenters. The van der Waals surface area contributed by atoms with E-state index in [1.807, 2.05) is 18.7 Å². The molecule has 1 aromatic carbocycles. The number of rotatable bonds is 5. The monoisotopic (exact) mass is 252 g/mol. The predicted molar refractivity (Wildman–Crippen MR) is 71.8 cm³/mol. The number of nitrogens with zero attached hydrogens (tertiary/aromatic N) is 1. The summed E-state index contributed by atoms with van der Waals surface area (Å²) in [5.74, 6) is -0.430. The van der Waals surface area contributed by atoms with Gasteiger partial charge >= 0.3 is 5.97 Å². The molecule has 0 aromatic heterocycles. The number of methoxy groups -OCH3 is 1. The summed E-state index contributed by atoms with van der Waals surface area (Å²) in [6, 6.07) is 5.23. The largest absolute Gasteiger partial charge is 0.465 e. The van der Waals surface area contributed by atoms with Gasteiger partial charge in [-0.1, -0.05) is 6.07 Å². The van der Waals surface area contributed by atoms with Crippen molar-refractivity contribution in [3.8, 4) is 0 Å². The normalized spacial score (nSPS) is 10.5. The Morgan fingerprint density at radius 1 is 1.50 bits per heavy atom. The van der Waals surface area contributed by atoms with E-state index in [1.165, 1.54) is 7.11 Å². The van der Waals surface area contributed by atoms with Crippen LogP contribution in [0.2, 0.25) is 0 Å². The van der Waals surface area contributed by atoms with Crippen LogP contribution in [0.3, 0.4) is 0 Å². The molecule has 3 N–H and O–H groups in total. The lowest BCUT2D eigenvalue weighted by Gasteiger charge is -2.30. The van der Waals surface area contributed by atoms with Gasteiger partial charge in [0.05, 0.1) is 30.7 Å². The highest BCUT2D eigenvalue weighted by atomic mass is 16.5. The van der Waals surface area contributed by atoms with Crippen molar-refractivity contribution in [1.82, 2.24) is 0 Å². The lowest BCUT2D eigenvalue weighted by atomic mass is 10.1. The summed E-state index contributed by atoms with van der Waals surface area (Å²) in [7, 11) is 1.33. The zero-order chi connectivity index (χ0) is 13.7. The van der Waals surface area contributed by atoms with E-state index in [-0.39, 0.29) is 12.6 Å². The Morgan fingerprint density at radius 3 is 2.67 bits per heavy atom. The number of aliphatic hydroxyl groups is 1. The number of nitrogen functional groups attached to an aromatic ring is 1. The molecule has 1 rings (SSSR count). The van der Waals surface area contributed by atoms with Crippen LogP contribution in [0.15, 0.2) is 18.2 Å². The van der Waals surface area contributed by atoms with Crippen molar-refractivity contribution in [3.05, 3.63) is 23.8 Å². The van der Waals surface area contributed by atoms with E-state index in [0.717, 1.165) is 0 Å². The highest BCUT2D eigenvalue weighted by Crippen LogP contribution is 2.29. The van der Waals surface area contributed by atoms with Crippen molar-refractivity contribution in [2.45, 2.75) is 19.9 Å². The maximum absolute atomic E-state index is 11.8. The van der Waals surface area contributed by atoms with E-state index in [1.54, 1.807) is 18.2 Å². The van der Waals surface area contributed by atoms with Gasteiger partial charge in [-0.15, -0.1) is 0 Å². The molecule has 5 heteroatoms. The summed E-state index contributed by atoms with van der Waals surface area (Å²) < 4.78 is 4.76. The van der Waals surface area contributed by atoms with Gasteiger partial charge in [-0.3, -0.25) is 0 Å². The lowest BCUT2D eigenvalue weighted by Crippen LogP contribution is -2.35. The first-order valence-corrected chi connectivity index (χ1v) is 5.87. The SMILES string of the molecule is COC(=O)c1cccc(N)c1N(CCO)C(C)C. The van der Waals surface area contributed by atoms with Crippen molar-refractivity contribution in [2.24, 2.45) is 0 Å². The summed E-state index contributed by atoms with van der Waals surface area (Å²) in [4.78, 5) is 13.6. The lowest BCUT2D eigenvalue weighted by molar-refractivity contribution is 0.0601. The molecule has 18 heavy (non-hydrogen) atoms. The molecule has 0 saturated heterocycles. The first-order chi connectivity index (χ1) is 8.52. The van der Waals surface area contributed by atoms with Gasteiger partial charge in [0.25, 0.3) is 0 Å². The average Bonchev–Trinajstić information content (AvgIpc) is 2.35. The van der Waals surface area contributed by atoms with Crippen molar-refractivity contribution in [1.29, 1.82) is 0 Å². The Bertz CT molecular complexity index is 419. The Kier molecular flexibility index (Phi) is 4.97. The summed E-state index contributed by atoms with van der Waals surface area (Å²) in [6.07, 6.45) is 0. The summed E-state index contributed by atoms with van der Waals surface area (Å²) in [6.45, 7) is 4.36. The molecule has 0 aliphatic rings. The van der Waals surface area contributed by atoms with Gasteiger partial charge < -0.3 is 20.5 Å². The van der Waals surface area contributed by atoms with Gasteiger partial charge in [0.2, 0.25) is 0 Å². The van der Waals surface area contributed by atoms with Crippen LogP contribution >= 0.6 is 0 Å². The fourth-order valence-electron chi connectivity index (χ4n) is 1.89. The third kappa shape index (κ3) is 2.92. The highest BCUT2D eigenvalue weighted by Gasteiger charge is 2.21. The number of aliphatic hydroxyl groups excluding tert-OH is 1. The maximum Gasteiger partial charge on any atom is 0.340 e. The molecule has 0 amide bonds. The van der Waals surface area contributed by atoms with Crippen LogP contribution in [0.4, 0.5) is 11.4 Å². The molecule has 0 radical (unpaired) electrons. The number of para-hydroxylation sites is 1. The minimum absolute atomic E-state index is 0.00682. The van der Waals surface area contributed by atoms with Crippen LogP contribution in [-0.2, 0) is 4.74 Å². The smallest absolute Gasteiger partial charge is 0.340 e. The van der Waals surface area contributed by atoms with Crippen molar-refractivity contribution in [3.63, 3.8) is 0 Å². The number of esters is 1. The van der Waals surface area contributed by atoms with Crippen LogP contribution in [0, 0.1) is 0 Å². The molecule has 0 aliphatic carbocycles. The summed E-state index contributed by atoms with van der Waals surface area (Å²) in [5.41, 5.74) is 7.49. The van der Waals surface area contributed by atoms with Crippen LogP contribution in [-0.4, -0.2) is 37.4 Å². The second-order valence-corrected chi connectivity index (χ2v) is 4.25. The van der Waals surface area contributed by atoms with Crippen molar-refractivity contribution >= 4 is 17.3 Å². The number of nitrogens with two attached hydrogens (primary N) is 1. The summed E-state index contributed by atoms with van der Waals surface area (Å²) in [5, 5.41) is 9.13. The number of ether oxygens (including phenoxy) is 1. The van der Waals surface area contributed by atoms with Gasteiger partial charge in [0.15, 0.2) is 0 Å². The molecule has 100 valence electrons. The third-order valence-corrected chi connectivity index (χ3v) is 2.72. The molecule has 0 heterocycles. The van der Waals surface area contributed by atoms with Gasteiger partial charge in [-0.2, -0.15) is 0 Å². The molecule has 0 atom stereocenters. The van der Waals surface area contributed by atoms with Crippen molar-refractivity contribution < 1.29 is 14.6 Å². The minimum atomic E-state index is -0.430. The number of anilines is 2. The molecular weight excluding hydrogens is 232 g/mol. The third-order valence-electron chi connectivity index (χ3n) is 2.72. The van der Waals surface area contributed by atoms with Crippen LogP contribution in [0.25, 0.3) is 0 Å². The Labute approximate surface area is 107 Å². The van der Waals surface area contributed by atoms with Gasteiger partial charge in [0.1, 0.15) is 0 Å². The van der Waals surface area contributed by atoms with Crippen LogP contribution in [0.1, 0.15) is 24.2 Å². The zero-order valence-corrected chi connectivity index (χ0v) is 11.0. The van der Waals surface area contributed by atoms with E-state index in [9.17, 15) is 4.79 Å². The molecule has 0 spiro atoms. The van der Waals surface area contributed by atoms with E-state index < -0.39 is 5.97 Å². The van der Waals surface area contributed by atoms with E-state index >= 15 is 0 Å². The Morgan fingerprint density at radius 2 is 2.17 bits per heavy atom. The van der Waals surface area contributed by atoms with Crippen LogP contribution in [0.5, 0.6) is 0 Å². The number of benzene rings is 1. The molecule has 5 nitrogen and oxygen atoms in total. The molecule has 0 saturated carbocycles. The molecule has 0 aliphatic heterocycles. The fraction of sp³-hybridized carbons (Fsp3) is 0.462. The topological polar surface area (TPSA) is 75.8 Å². The average molecular weight is 252 g/mol. The fourth-order valence-corrected chi connectivity index (χ4v) is 1.89. The standard InChI is InChI=1S/C13H20N2O3/c1-9(2)15(7-8-16)12-10(13(17)18-3)5-4-6-11(12)14/h4-6,9,16H,7-8,14H2,1-3H3. The first kappa shape index (κ1) is 14.3. The second kappa shape index (κ2) is 6.26. The first-order valence-electron chi connectivity index (χ1n) is 5.87. The minimum Gasteiger partial charge on any atom is -0.465 e. The van der Waals surface area contributed by atoms with E-state index in [2.05, 4.69) is 0 Å². The van der Waals surface area contributed by atoms with Crippen LogP contribution < -0.4 is 10.6 Å². The molecular formula is C13H20N2O3. The van der Waals surface area contributed by atoms with Gasteiger partial charge in [0, 0.05) is 12.6 Å². The Hall–Kier alpha value is -1.75. The molecule has 0 bridgehead atoms. The highest BCUT2D eigenvalue weighted by molar-refractivity contribution is 5.99. The predicted octanol–water partition coefficient (Wildman–Crippen LogP) is 1.26. The Balaban J connectivity index is 3.30. The number of carbonyl (C=O) groups excluding carboxylic acids is 1. The summed E-state index contributed by atoms with van der Waals surface area (Å²) >= 11 is 0.